The molecule has 10 heteroatoms. The molecule has 2 aliphatic rings. The van der Waals surface area contributed by atoms with Crippen LogP contribution in [0.15, 0.2) is 4.52 Å². The van der Waals surface area contributed by atoms with Crippen molar-refractivity contribution in [3.05, 3.63) is 11.7 Å². The fraction of sp³-hybridized carbons (Fsp3) is 0.812. The molecule has 26 heavy (non-hydrogen) atoms. The molecule has 2 aliphatic heterocycles. The SMILES string of the molecule is CCOC(C)c1noc(CN2CCN(C(=O)C3CCCN3)CC2)n1.Cl.Cl. The number of hydrogen-bond donors (Lipinski definition) is 1. The van der Waals surface area contributed by atoms with Gasteiger partial charge < -0.3 is 19.5 Å². The number of hydrogen-bond acceptors (Lipinski definition) is 7. The van der Waals surface area contributed by atoms with Gasteiger partial charge in [0.25, 0.3) is 0 Å². The first-order chi connectivity index (χ1) is 11.7. The van der Waals surface area contributed by atoms with Gasteiger partial charge in [-0.15, -0.1) is 24.8 Å². The predicted molar refractivity (Wildman–Crippen MR) is 102 cm³/mol. The third-order valence-electron chi connectivity index (χ3n) is 4.67. The van der Waals surface area contributed by atoms with Crippen LogP contribution in [0, 0.1) is 0 Å². The molecule has 0 radical (unpaired) electrons. The lowest BCUT2D eigenvalue weighted by Gasteiger charge is -2.35. The van der Waals surface area contributed by atoms with Gasteiger partial charge in [-0.3, -0.25) is 9.69 Å². The van der Waals surface area contributed by atoms with Gasteiger partial charge in [0.2, 0.25) is 11.8 Å². The van der Waals surface area contributed by atoms with Gasteiger partial charge >= 0.3 is 0 Å². The van der Waals surface area contributed by atoms with Crippen LogP contribution in [0.5, 0.6) is 0 Å². The van der Waals surface area contributed by atoms with Gasteiger partial charge in [-0.1, -0.05) is 5.16 Å². The Morgan fingerprint density at radius 2 is 2.08 bits per heavy atom. The van der Waals surface area contributed by atoms with E-state index < -0.39 is 0 Å². The van der Waals surface area contributed by atoms with Crippen molar-refractivity contribution in [3.8, 4) is 0 Å². The molecule has 1 amide bonds. The molecule has 0 bridgehead atoms. The molecule has 0 saturated carbocycles. The van der Waals surface area contributed by atoms with Gasteiger partial charge in [0, 0.05) is 32.8 Å². The third kappa shape index (κ3) is 5.79. The number of rotatable bonds is 6. The standard InChI is InChI=1S/C16H27N5O3.2ClH/c1-3-23-12(2)15-18-14(24-19-15)11-20-7-9-21(10-8-20)16(22)13-5-4-6-17-13;;/h12-13,17H,3-11H2,1-2H3;2*1H. The number of halogens is 2. The van der Waals surface area contributed by atoms with Gasteiger partial charge in [0.1, 0.15) is 6.10 Å². The highest BCUT2D eigenvalue weighted by molar-refractivity contribution is 5.85. The van der Waals surface area contributed by atoms with E-state index in [1.54, 1.807) is 0 Å². The Bertz CT molecular complexity index is 546. The van der Waals surface area contributed by atoms with E-state index in [-0.39, 0.29) is 42.9 Å². The van der Waals surface area contributed by atoms with Crippen molar-refractivity contribution in [1.82, 2.24) is 25.3 Å². The van der Waals surface area contributed by atoms with Crippen LogP contribution in [-0.4, -0.2) is 71.2 Å². The summed E-state index contributed by atoms with van der Waals surface area (Å²) < 4.78 is 10.8. The summed E-state index contributed by atoms with van der Waals surface area (Å²) in [4.78, 5) is 21.0. The summed E-state index contributed by atoms with van der Waals surface area (Å²) in [5.74, 6) is 1.44. The number of nitrogens with one attached hydrogen (secondary N) is 1. The quantitative estimate of drug-likeness (QED) is 0.759. The summed E-state index contributed by atoms with van der Waals surface area (Å²) in [5, 5.41) is 7.26. The first-order valence-corrected chi connectivity index (χ1v) is 8.86. The number of carbonyl (C=O) groups excluding carboxylic acids is 1. The number of amides is 1. The van der Waals surface area contributed by atoms with Gasteiger partial charge in [0.15, 0.2) is 5.82 Å². The van der Waals surface area contributed by atoms with E-state index in [9.17, 15) is 4.79 Å². The van der Waals surface area contributed by atoms with Crippen molar-refractivity contribution >= 4 is 30.7 Å². The molecule has 8 nitrogen and oxygen atoms in total. The molecule has 0 aliphatic carbocycles. The predicted octanol–water partition coefficient (Wildman–Crippen LogP) is 1.41. The Balaban J connectivity index is 0.00000169. The molecule has 3 heterocycles. The molecule has 2 atom stereocenters. The lowest BCUT2D eigenvalue weighted by atomic mass is 10.2. The highest BCUT2D eigenvalue weighted by Gasteiger charge is 2.29. The van der Waals surface area contributed by atoms with E-state index in [2.05, 4.69) is 20.4 Å². The number of piperazine rings is 1. The number of nitrogens with zero attached hydrogens (tertiary/aromatic N) is 4. The number of ether oxygens (including phenoxy) is 1. The molecule has 1 aromatic heterocycles. The first-order valence-electron chi connectivity index (χ1n) is 8.86. The molecule has 1 N–H and O–H groups in total. The molecule has 2 fully saturated rings. The summed E-state index contributed by atoms with van der Waals surface area (Å²) in [5.41, 5.74) is 0. The third-order valence-corrected chi connectivity index (χ3v) is 4.67. The number of aromatic nitrogens is 2. The second-order valence-corrected chi connectivity index (χ2v) is 6.39. The topological polar surface area (TPSA) is 83.7 Å². The fourth-order valence-corrected chi connectivity index (χ4v) is 3.26. The van der Waals surface area contributed by atoms with Crippen LogP contribution >= 0.6 is 24.8 Å². The molecule has 3 rings (SSSR count). The lowest BCUT2D eigenvalue weighted by Crippen LogP contribution is -2.52. The van der Waals surface area contributed by atoms with Gasteiger partial charge in [-0.05, 0) is 33.2 Å². The smallest absolute Gasteiger partial charge is 0.240 e. The lowest BCUT2D eigenvalue weighted by molar-refractivity contribution is -0.134. The van der Waals surface area contributed by atoms with Crippen LogP contribution in [0.2, 0.25) is 0 Å². The highest BCUT2D eigenvalue weighted by atomic mass is 35.5. The molecule has 0 aromatic carbocycles. The minimum Gasteiger partial charge on any atom is -0.371 e. The van der Waals surface area contributed by atoms with Crippen LogP contribution in [-0.2, 0) is 16.1 Å². The maximum Gasteiger partial charge on any atom is 0.240 e. The van der Waals surface area contributed by atoms with Crippen molar-refractivity contribution in [3.63, 3.8) is 0 Å². The zero-order chi connectivity index (χ0) is 16.9. The van der Waals surface area contributed by atoms with Crippen LogP contribution in [0.1, 0.15) is 44.5 Å². The summed E-state index contributed by atoms with van der Waals surface area (Å²) in [6.45, 7) is 9.23. The second kappa shape index (κ2) is 11.0. The molecule has 2 saturated heterocycles. The van der Waals surface area contributed by atoms with E-state index in [4.69, 9.17) is 9.26 Å². The molecular weight excluding hydrogens is 381 g/mol. The maximum absolute atomic E-state index is 12.4. The molecule has 2 unspecified atom stereocenters. The summed E-state index contributed by atoms with van der Waals surface area (Å²) in [6.07, 6.45) is 1.90. The zero-order valence-electron chi connectivity index (χ0n) is 15.3. The Morgan fingerprint density at radius 1 is 1.35 bits per heavy atom. The average molecular weight is 410 g/mol. The Kier molecular flexibility index (Phi) is 9.81. The number of carbonyl (C=O) groups is 1. The van der Waals surface area contributed by atoms with Gasteiger partial charge in [-0.25, -0.2) is 0 Å². The largest absolute Gasteiger partial charge is 0.371 e. The van der Waals surface area contributed by atoms with Gasteiger partial charge in [-0.2, -0.15) is 4.98 Å². The van der Waals surface area contributed by atoms with Crippen molar-refractivity contribution in [2.24, 2.45) is 0 Å². The van der Waals surface area contributed by atoms with E-state index in [1.807, 2.05) is 18.7 Å². The van der Waals surface area contributed by atoms with E-state index in [0.29, 0.717) is 24.9 Å². The van der Waals surface area contributed by atoms with Crippen molar-refractivity contribution < 1.29 is 14.1 Å². The van der Waals surface area contributed by atoms with Crippen LogP contribution in [0.25, 0.3) is 0 Å². The van der Waals surface area contributed by atoms with Crippen molar-refractivity contribution in [2.75, 3.05) is 39.3 Å². The Hall–Kier alpha value is -0.930. The van der Waals surface area contributed by atoms with Crippen LogP contribution < -0.4 is 5.32 Å². The minimum absolute atomic E-state index is 0. The fourth-order valence-electron chi connectivity index (χ4n) is 3.26. The monoisotopic (exact) mass is 409 g/mol. The summed E-state index contributed by atoms with van der Waals surface area (Å²) in [7, 11) is 0. The Labute approximate surface area is 166 Å². The first kappa shape index (κ1) is 23.1. The summed E-state index contributed by atoms with van der Waals surface area (Å²) >= 11 is 0. The normalized spacial score (nSPS) is 21.8. The van der Waals surface area contributed by atoms with E-state index in [0.717, 1.165) is 45.6 Å². The van der Waals surface area contributed by atoms with E-state index >= 15 is 0 Å². The second-order valence-electron chi connectivity index (χ2n) is 6.39. The highest BCUT2D eigenvalue weighted by Crippen LogP contribution is 2.15. The maximum atomic E-state index is 12.4. The average Bonchev–Trinajstić information content (AvgIpc) is 3.27. The minimum atomic E-state index is -0.152. The zero-order valence-corrected chi connectivity index (χ0v) is 17.0. The van der Waals surface area contributed by atoms with Crippen molar-refractivity contribution in [2.45, 2.75) is 45.4 Å². The van der Waals surface area contributed by atoms with Gasteiger partial charge in [0.05, 0.1) is 12.6 Å². The van der Waals surface area contributed by atoms with Crippen LogP contribution in [0.4, 0.5) is 0 Å². The molecular formula is C16H29Cl2N5O3. The van der Waals surface area contributed by atoms with Crippen molar-refractivity contribution in [1.29, 1.82) is 0 Å². The summed E-state index contributed by atoms with van der Waals surface area (Å²) in [6, 6.07) is 0.0232. The Morgan fingerprint density at radius 3 is 2.69 bits per heavy atom. The molecule has 150 valence electrons. The van der Waals surface area contributed by atoms with Crippen LogP contribution in [0.3, 0.4) is 0 Å². The molecule has 1 aromatic rings. The molecule has 0 spiro atoms. The van der Waals surface area contributed by atoms with E-state index in [1.165, 1.54) is 0 Å².